The van der Waals surface area contributed by atoms with E-state index >= 15 is 0 Å². The molecule has 2 aromatic carbocycles. The Hall–Kier alpha value is -2.58. The van der Waals surface area contributed by atoms with Crippen LogP contribution in [-0.2, 0) is 4.79 Å². The maximum atomic E-state index is 12.8. The highest BCUT2D eigenvalue weighted by Gasteiger charge is 2.23. The molecule has 160 valence electrons. The maximum Gasteiger partial charge on any atom is 0.288 e. The average Bonchev–Trinajstić information content (AvgIpc) is 2.71. The summed E-state index contributed by atoms with van der Waals surface area (Å²) >= 11 is 7.36. The molecule has 9 heteroatoms. The van der Waals surface area contributed by atoms with Gasteiger partial charge in [-0.3, -0.25) is 19.7 Å². The molecular formula is C21H24ClN3O4S. The number of anilines is 1. The van der Waals surface area contributed by atoms with Crippen LogP contribution in [-0.4, -0.2) is 34.8 Å². The highest BCUT2D eigenvalue weighted by atomic mass is 35.5. The van der Waals surface area contributed by atoms with Crippen molar-refractivity contribution in [3.05, 3.63) is 68.7 Å². The summed E-state index contributed by atoms with van der Waals surface area (Å²) in [6.07, 6.45) is 2.32. The number of amides is 2. The van der Waals surface area contributed by atoms with Crippen molar-refractivity contribution in [1.29, 1.82) is 0 Å². The molecule has 1 atom stereocenters. The van der Waals surface area contributed by atoms with Crippen LogP contribution in [0.1, 0.15) is 42.1 Å². The number of nitro groups is 1. The standard InChI is InChI=1S/C21H24ClN3O4S/c1-13(2)14-5-4-6-16(11-14)23-21(27)18(9-10-30-3)24-20(26)15-7-8-17(22)19(12-15)25(28)29/h4-8,11-13,18H,9-10H2,1-3H3,(H,23,27)(H,24,26). The fourth-order valence-corrected chi connectivity index (χ4v) is 3.40. The molecule has 0 radical (unpaired) electrons. The minimum atomic E-state index is -0.789. The lowest BCUT2D eigenvalue weighted by Gasteiger charge is -2.19. The Balaban J connectivity index is 2.18. The van der Waals surface area contributed by atoms with Gasteiger partial charge in [-0.2, -0.15) is 11.8 Å². The number of carbonyl (C=O) groups is 2. The van der Waals surface area contributed by atoms with Gasteiger partial charge in [-0.1, -0.05) is 37.6 Å². The van der Waals surface area contributed by atoms with Gasteiger partial charge in [-0.05, 0) is 54.2 Å². The number of hydrogen-bond acceptors (Lipinski definition) is 5. The second kappa shape index (κ2) is 11.0. The molecule has 1 unspecified atom stereocenters. The van der Waals surface area contributed by atoms with Crippen molar-refractivity contribution in [2.45, 2.75) is 32.2 Å². The monoisotopic (exact) mass is 449 g/mol. The molecule has 0 aliphatic carbocycles. The molecule has 0 aliphatic heterocycles. The van der Waals surface area contributed by atoms with E-state index in [9.17, 15) is 19.7 Å². The Morgan fingerprint density at radius 1 is 1.20 bits per heavy atom. The second-order valence-corrected chi connectivity index (χ2v) is 8.39. The lowest BCUT2D eigenvalue weighted by molar-refractivity contribution is -0.384. The molecule has 0 aliphatic rings. The summed E-state index contributed by atoms with van der Waals surface area (Å²) in [5.74, 6) is 0.0498. The lowest BCUT2D eigenvalue weighted by atomic mass is 10.0. The van der Waals surface area contributed by atoms with Crippen LogP contribution in [0.5, 0.6) is 0 Å². The number of hydrogen-bond donors (Lipinski definition) is 2. The SMILES string of the molecule is CSCCC(NC(=O)c1ccc(Cl)c([N+](=O)[O-])c1)C(=O)Nc1cccc(C(C)C)c1. The van der Waals surface area contributed by atoms with Gasteiger partial charge in [0, 0.05) is 17.3 Å². The van der Waals surface area contributed by atoms with Crippen molar-refractivity contribution in [2.75, 3.05) is 17.3 Å². The molecule has 30 heavy (non-hydrogen) atoms. The summed E-state index contributed by atoms with van der Waals surface area (Å²) < 4.78 is 0. The maximum absolute atomic E-state index is 12.8. The van der Waals surface area contributed by atoms with E-state index in [2.05, 4.69) is 24.5 Å². The van der Waals surface area contributed by atoms with Gasteiger partial charge in [0.25, 0.3) is 11.6 Å². The summed E-state index contributed by atoms with van der Waals surface area (Å²) in [6, 6.07) is 10.5. The molecule has 0 saturated carbocycles. The van der Waals surface area contributed by atoms with Crippen molar-refractivity contribution < 1.29 is 14.5 Å². The summed E-state index contributed by atoms with van der Waals surface area (Å²) in [6.45, 7) is 4.13. The molecule has 0 spiro atoms. The number of halogens is 1. The molecule has 0 bridgehead atoms. The van der Waals surface area contributed by atoms with E-state index in [1.54, 1.807) is 17.8 Å². The van der Waals surface area contributed by atoms with Gasteiger partial charge in [0.05, 0.1) is 4.92 Å². The first-order chi connectivity index (χ1) is 14.2. The van der Waals surface area contributed by atoms with Crippen molar-refractivity contribution in [1.82, 2.24) is 5.32 Å². The van der Waals surface area contributed by atoms with Crippen molar-refractivity contribution in [3.8, 4) is 0 Å². The van der Waals surface area contributed by atoms with E-state index in [0.29, 0.717) is 23.8 Å². The number of benzene rings is 2. The third-order valence-electron chi connectivity index (χ3n) is 4.46. The molecule has 2 amide bonds. The largest absolute Gasteiger partial charge is 0.340 e. The summed E-state index contributed by atoms with van der Waals surface area (Å²) in [5.41, 5.74) is 1.44. The Labute approximate surface area is 184 Å². The van der Waals surface area contributed by atoms with Crippen LogP contribution < -0.4 is 10.6 Å². The van der Waals surface area contributed by atoms with Gasteiger partial charge in [0.1, 0.15) is 11.1 Å². The Bertz CT molecular complexity index is 936. The molecule has 0 saturated heterocycles. The average molecular weight is 450 g/mol. The molecule has 0 fully saturated rings. The van der Waals surface area contributed by atoms with E-state index in [1.165, 1.54) is 12.1 Å². The fraction of sp³-hybridized carbons (Fsp3) is 0.333. The van der Waals surface area contributed by atoms with Gasteiger partial charge in [0.15, 0.2) is 0 Å². The Morgan fingerprint density at radius 2 is 1.93 bits per heavy atom. The van der Waals surface area contributed by atoms with E-state index in [4.69, 9.17) is 11.6 Å². The number of nitrogens with zero attached hydrogens (tertiary/aromatic N) is 1. The molecule has 2 rings (SSSR count). The van der Waals surface area contributed by atoms with Crippen molar-refractivity contribution in [3.63, 3.8) is 0 Å². The molecule has 0 heterocycles. The zero-order valence-corrected chi connectivity index (χ0v) is 18.5. The van der Waals surface area contributed by atoms with Gasteiger partial charge in [0.2, 0.25) is 5.91 Å². The van der Waals surface area contributed by atoms with E-state index in [1.807, 2.05) is 24.5 Å². The van der Waals surface area contributed by atoms with Crippen LogP contribution in [0.4, 0.5) is 11.4 Å². The highest BCUT2D eigenvalue weighted by Crippen LogP contribution is 2.25. The number of thioether (sulfide) groups is 1. The highest BCUT2D eigenvalue weighted by molar-refractivity contribution is 7.98. The van der Waals surface area contributed by atoms with Crippen LogP contribution >= 0.6 is 23.4 Å². The van der Waals surface area contributed by atoms with Crippen LogP contribution in [0.15, 0.2) is 42.5 Å². The molecule has 7 nitrogen and oxygen atoms in total. The van der Waals surface area contributed by atoms with Gasteiger partial charge in [-0.15, -0.1) is 0 Å². The van der Waals surface area contributed by atoms with Gasteiger partial charge < -0.3 is 10.6 Å². The first-order valence-corrected chi connectivity index (χ1v) is 11.1. The quantitative estimate of drug-likeness (QED) is 0.420. The zero-order chi connectivity index (χ0) is 22.3. The summed E-state index contributed by atoms with van der Waals surface area (Å²) in [4.78, 5) is 35.9. The van der Waals surface area contributed by atoms with Gasteiger partial charge in [-0.25, -0.2) is 0 Å². The zero-order valence-electron chi connectivity index (χ0n) is 17.0. The molecule has 2 N–H and O–H groups in total. The first-order valence-electron chi connectivity index (χ1n) is 9.37. The third-order valence-corrected chi connectivity index (χ3v) is 5.42. The van der Waals surface area contributed by atoms with E-state index in [-0.39, 0.29) is 22.2 Å². The van der Waals surface area contributed by atoms with Crippen LogP contribution in [0, 0.1) is 10.1 Å². The van der Waals surface area contributed by atoms with Crippen LogP contribution in [0.3, 0.4) is 0 Å². The summed E-state index contributed by atoms with van der Waals surface area (Å²) in [7, 11) is 0. The predicted molar refractivity (Wildman–Crippen MR) is 122 cm³/mol. The number of nitrogens with one attached hydrogen (secondary N) is 2. The minimum absolute atomic E-state index is 0.0572. The van der Waals surface area contributed by atoms with Crippen molar-refractivity contribution in [2.24, 2.45) is 0 Å². The van der Waals surface area contributed by atoms with E-state index in [0.717, 1.165) is 11.6 Å². The number of rotatable bonds is 9. The smallest absolute Gasteiger partial charge is 0.288 e. The van der Waals surface area contributed by atoms with Crippen LogP contribution in [0.2, 0.25) is 5.02 Å². The molecule has 0 aromatic heterocycles. The topological polar surface area (TPSA) is 101 Å². The number of nitro benzene ring substituents is 1. The predicted octanol–water partition coefficient (Wildman–Crippen LogP) is 4.86. The second-order valence-electron chi connectivity index (χ2n) is 7.00. The summed E-state index contributed by atoms with van der Waals surface area (Å²) in [5, 5.41) is 16.5. The Kier molecular flexibility index (Phi) is 8.68. The third kappa shape index (κ3) is 6.47. The van der Waals surface area contributed by atoms with Crippen molar-refractivity contribution >= 4 is 46.6 Å². The minimum Gasteiger partial charge on any atom is -0.340 e. The number of carbonyl (C=O) groups excluding carboxylic acids is 2. The molecular weight excluding hydrogens is 426 g/mol. The Morgan fingerprint density at radius 3 is 2.57 bits per heavy atom. The van der Waals surface area contributed by atoms with Gasteiger partial charge >= 0.3 is 0 Å². The fourth-order valence-electron chi connectivity index (χ4n) is 2.74. The molecule has 2 aromatic rings. The van der Waals surface area contributed by atoms with Crippen LogP contribution in [0.25, 0.3) is 0 Å². The lowest BCUT2D eigenvalue weighted by Crippen LogP contribution is -2.44. The van der Waals surface area contributed by atoms with E-state index < -0.39 is 16.9 Å². The normalized spacial score (nSPS) is 11.8. The first kappa shape index (κ1) is 23.7.